The maximum atomic E-state index is 10.1. The molecule has 0 bridgehead atoms. The first-order valence-electron chi connectivity index (χ1n) is 15.9. The second-order valence-corrected chi connectivity index (χ2v) is 13.6. The third-order valence-electron chi connectivity index (χ3n) is 9.12. The number of piperidine rings is 1. The zero-order valence-electron chi connectivity index (χ0n) is 27.1. The molecule has 0 saturated carbocycles. The van der Waals surface area contributed by atoms with Crippen molar-refractivity contribution < 1.29 is 0 Å². The average Bonchev–Trinajstić information content (AvgIpc) is 3.54. The van der Waals surface area contributed by atoms with Gasteiger partial charge in [-0.2, -0.15) is 5.26 Å². The fourth-order valence-electron chi connectivity index (χ4n) is 6.49. The van der Waals surface area contributed by atoms with Crippen LogP contribution in [0, 0.1) is 18.3 Å². The molecule has 2 N–H and O–H groups in total. The van der Waals surface area contributed by atoms with Gasteiger partial charge in [-0.05, 0) is 76.3 Å². The van der Waals surface area contributed by atoms with E-state index in [0.717, 1.165) is 53.8 Å². The molecule has 1 aliphatic heterocycles. The maximum absolute atomic E-state index is 10.1. The number of anilines is 2. The highest BCUT2D eigenvalue weighted by molar-refractivity contribution is 6.35. The van der Waals surface area contributed by atoms with Crippen molar-refractivity contribution in [2.45, 2.75) is 71.1 Å². The van der Waals surface area contributed by atoms with Crippen molar-refractivity contribution in [2.24, 2.45) is 0 Å². The van der Waals surface area contributed by atoms with Gasteiger partial charge >= 0.3 is 0 Å². The number of halogens is 1. The van der Waals surface area contributed by atoms with Crippen LogP contribution in [0.1, 0.15) is 86.6 Å². The Balaban J connectivity index is 1.34. The molecule has 6 rings (SSSR count). The number of pyridine rings is 1. The van der Waals surface area contributed by atoms with E-state index in [9.17, 15) is 5.26 Å². The Morgan fingerprint density at radius 1 is 1.00 bits per heavy atom. The van der Waals surface area contributed by atoms with Crippen molar-refractivity contribution in [3.8, 4) is 6.07 Å². The van der Waals surface area contributed by atoms with Crippen molar-refractivity contribution in [3.05, 3.63) is 112 Å². The predicted molar refractivity (Wildman–Crippen MR) is 186 cm³/mol. The van der Waals surface area contributed by atoms with Crippen molar-refractivity contribution >= 4 is 33.9 Å². The van der Waals surface area contributed by atoms with Crippen LogP contribution in [0.25, 0.3) is 10.9 Å². The van der Waals surface area contributed by atoms with Gasteiger partial charge in [0.15, 0.2) is 0 Å². The highest BCUT2D eigenvalue weighted by Gasteiger charge is 2.29. The predicted octanol–water partition coefficient (Wildman–Crippen LogP) is 8.47. The molecule has 3 aromatic carbocycles. The molecule has 9 heteroatoms. The van der Waals surface area contributed by atoms with Crippen molar-refractivity contribution in [1.29, 1.82) is 5.26 Å². The summed E-state index contributed by atoms with van der Waals surface area (Å²) in [5.41, 5.74) is 6.99. The van der Waals surface area contributed by atoms with Gasteiger partial charge in [-0.1, -0.05) is 71.4 Å². The van der Waals surface area contributed by atoms with E-state index in [-0.39, 0.29) is 17.6 Å². The van der Waals surface area contributed by atoms with Crippen LogP contribution in [0.5, 0.6) is 0 Å². The number of nitriles is 1. The molecule has 0 spiro atoms. The number of hydrogen-bond acceptors (Lipinski definition) is 7. The minimum absolute atomic E-state index is 0.0448. The summed E-state index contributed by atoms with van der Waals surface area (Å²) in [5, 5.41) is 27.9. The van der Waals surface area contributed by atoms with Gasteiger partial charge in [-0.3, -0.25) is 9.88 Å². The number of nitrogens with zero attached hydrogens (tertiary/aromatic N) is 6. The molecule has 0 unspecified atom stereocenters. The van der Waals surface area contributed by atoms with Gasteiger partial charge in [0.05, 0.1) is 40.1 Å². The Morgan fingerprint density at radius 2 is 1.72 bits per heavy atom. The van der Waals surface area contributed by atoms with E-state index < -0.39 is 0 Å². The zero-order valence-corrected chi connectivity index (χ0v) is 27.9. The summed E-state index contributed by atoms with van der Waals surface area (Å²) in [5.74, 6) is 0. The summed E-state index contributed by atoms with van der Waals surface area (Å²) >= 11 is 6.88. The lowest BCUT2D eigenvalue weighted by Crippen LogP contribution is -2.46. The molecule has 3 heterocycles. The molecule has 2 atom stereocenters. The number of rotatable bonds is 8. The van der Waals surface area contributed by atoms with Gasteiger partial charge in [0.2, 0.25) is 0 Å². The number of benzene rings is 3. The van der Waals surface area contributed by atoms with Crippen LogP contribution in [-0.4, -0.2) is 43.5 Å². The van der Waals surface area contributed by atoms with E-state index in [1.807, 2.05) is 47.1 Å². The highest BCUT2D eigenvalue weighted by atomic mass is 35.5. The van der Waals surface area contributed by atoms with E-state index in [2.05, 4.69) is 102 Å². The fourth-order valence-corrected chi connectivity index (χ4v) is 6.76. The fraction of sp³-hybridized carbons (Fsp3) is 0.351. The first-order valence-corrected chi connectivity index (χ1v) is 16.3. The summed E-state index contributed by atoms with van der Waals surface area (Å²) in [6.07, 6.45) is 5.74. The van der Waals surface area contributed by atoms with Crippen LogP contribution in [0.2, 0.25) is 5.02 Å². The molecular formula is C37H41ClN8. The van der Waals surface area contributed by atoms with Gasteiger partial charge in [0, 0.05) is 41.9 Å². The smallest absolute Gasteiger partial charge is 0.109 e. The number of nitrogens with one attached hydrogen (secondary N) is 2. The van der Waals surface area contributed by atoms with Gasteiger partial charge in [0.25, 0.3) is 0 Å². The molecule has 0 amide bonds. The van der Waals surface area contributed by atoms with Crippen molar-refractivity contribution in [2.75, 3.05) is 23.7 Å². The second-order valence-electron chi connectivity index (χ2n) is 13.2. The molecule has 1 fully saturated rings. The van der Waals surface area contributed by atoms with Crippen molar-refractivity contribution in [3.63, 3.8) is 0 Å². The number of likely N-dealkylation sites (tertiary alicyclic amines) is 1. The number of aryl methyl sites for hydroxylation is 1. The lowest BCUT2D eigenvalue weighted by Gasteiger charge is -2.40. The molecule has 5 aromatic rings. The minimum atomic E-state index is -0.271. The normalized spacial score (nSPS) is 15.8. The Morgan fingerprint density at radius 3 is 2.41 bits per heavy atom. The standard InChI is InChI=1S/C37H41ClN8/c1-24-11-9-10-14-30(24)25(2)41-34-27(21-39)22-40-36-31(34)19-28(20-32(36)38)42-35(26-12-7-6-8-13-26)33-23-46(44-43-33)29-15-17-45(18-16-29)37(3,4)5/h6-14,19-20,22-23,25,29,35,42H,15-18H2,1-5H3,(H,40,41)/t25-,35+/m1/s1. The molecule has 1 aliphatic rings. The highest BCUT2D eigenvalue weighted by Crippen LogP contribution is 2.37. The molecule has 236 valence electrons. The number of fused-ring (bicyclic) bond motifs is 1. The van der Waals surface area contributed by atoms with Crippen LogP contribution in [0.4, 0.5) is 11.4 Å². The van der Waals surface area contributed by atoms with E-state index in [0.29, 0.717) is 27.8 Å². The van der Waals surface area contributed by atoms with E-state index in [4.69, 9.17) is 11.6 Å². The Hall–Kier alpha value is -4.45. The van der Waals surface area contributed by atoms with Gasteiger partial charge in [-0.15, -0.1) is 5.10 Å². The van der Waals surface area contributed by atoms with Crippen LogP contribution in [0.3, 0.4) is 0 Å². The number of aromatic nitrogens is 4. The molecule has 1 saturated heterocycles. The van der Waals surface area contributed by atoms with Crippen LogP contribution in [-0.2, 0) is 0 Å². The first-order chi connectivity index (χ1) is 22.1. The molecule has 0 aliphatic carbocycles. The summed E-state index contributed by atoms with van der Waals surface area (Å²) in [6, 6.07) is 24.7. The molecule has 46 heavy (non-hydrogen) atoms. The molecular weight excluding hydrogens is 592 g/mol. The summed E-state index contributed by atoms with van der Waals surface area (Å²) in [4.78, 5) is 7.11. The van der Waals surface area contributed by atoms with Crippen LogP contribution >= 0.6 is 11.6 Å². The summed E-state index contributed by atoms with van der Waals surface area (Å²) in [7, 11) is 0. The van der Waals surface area contributed by atoms with E-state index in [1.165, 1.54) is 5.56 Å². The lowest BCUT2D eigenvalue weighted by molar-refractivity contribution is 0.0866. The van der Waals surface area contributed by atoms with Gasteiger partial charge in [0.1, 0.15) is 11.8 Å². The maximum Gasteiger partial charge on any atom is 0.109 e. The Labute approximate surface area is 276 Å². The van der Waals surface area contributed by atoms with Gasteiger partial charge in [-0.25, -0.2) is 4.68 Å². The third kappa shape index (κ3) is 6.57. The van der Waals surface area contributed by atoms with E-state index >= 15 is 0 Å². The monoisotopic (exact) mass is 632 g/mol. The quantitative estimate of drug-likeness (QED) is 0.177. The summed E-state index contributed by atoms with van der Waals surface area (Å²) < 4.78 is 2.04. The average molecular weight is 633 g/mol. The topological polar surface area (TPSA) is 94.7 Å². The third-order valence-corrected chi connectivity index (χ3v) is 9.40. The van der Waals surface area contributed by atoms with E-state index in [1.54, 1.807) is 6.20 Å². The molecule has 2 aromatic heterocycles. The second kappa shape index (κ2) is 13.1. The van der Waals surface area contributed by atoms with Crippen LogP contribution in [0.15, 0.2) is 79.1 Å². The Bertz CT molecular complexity index is 1860. The van der Waals surface area contributed by atoms with Gasteiger partial charge < -0.3 is 10.6 Å². The zero-order chi connectivity index (χ0) is 32.4. The minimum Gasteiger partial charge on any atom is -0.377 e. The van der Waals surface area contributed by atoms with Crippen molar-refractivity contribution in [1.82, 2.24) is 24.9 Å². The lowest BCUT2D eigenvalue weighted by atomic mass is 9.98. The first kappa shape index (κ1) is 31.5. The Kier molecular flexibility index (Phi) is 8.99. The SMILES string of the molecule is Cc1ccccc1[C@@H](C)Nc1c(C#N)cnc2c(Cl)cc(N[C@@H](c3ccccc3)c3cn(C4CCN(C(C)(C)C)CC4)nn3)cc12. The molecule has 0 radical (unpaired) electrons. The van der Waals surface area contributed by atoms with Crippen LogP contribution < -0.4 is 10.6 Å². The largest absolute Gasteiger partial charge is 0.377 e. The molecule has 8 nitrogen and oxygen atoms in total. The number of hydrogen-bond donors (Lipinski definition) is 2. The summed E-state index contributed by atoms with van der Waals surface area (Å²) in [6.45, 7) is 13.1.